The molecule has 0 amide bonds. The van der Waals surface area contributed by atoms with E-state index in [-0.39, 0.29) is 10.1 Å². The summed E-state index contributed by atoms with van der Waals surface area (Å²) in [6.07, 6.45) is 1.11. The number of hydrogen-bond acceptors (Lipinski definition) is 3. The van der Waals surface area contributed by atoms with Crippen molar-refractivity contribution in [2.24, 2.45) is 0 Å². The van der Waals surface area contributed by atoms with Crippen LogP contribution in [0.5, 0.6) is 0 Å². The van der Waals surface area contributed by atoms with Gasteiger partial charge in [-0.1, -0.05) is 11.8 Å². The highest BCUT2D eigenvalue weighted by Crippen LogP contribution is 2.30. The van der Waals surface area contributed by atoms with E-state index in [1.807, 2.05) is 0 Å². The molecule has 1 atom stereocenters. The van der Waals surface area contributed by atoms with Crippen LogP contribution < -0.4 is 5.32 Å². The first kappa shape index (κ1) is 6.91. The molecule has 3 nitrogen and oxygen atoms in total. The Bertz CT molecular complexity index is 132. The minimum atomic E-state index is 0.0185. The molecule has 0 aromatic carbocycles. The van der Waals surface area contributed by atoms with Crippen molar-refractivity contribution in [3.05, 3.63) is 5.21 Å². The van der Waals surface area contributed by atoms with E-state index in [1.54, 1.807) is 11.8 Å². The van der Waals surface area contributed by atoms with Gasteiger partial charge in [-0.15, -0.1) is 0 Å². The maximum absolute atomic E-state index is 11.6. The van der Waals surface area contributed by atoms with Crippen molar-refractivity contribution in [2.75, 3.05) is 25.4 Å². The smallest absolute Gasteiger partial charge is 0.191 e. The van der Waals surface area contributed by atoms with Crippen molar-refractivity contribution in [2.45, 2.75) is 11.9 Å². The second kappa shape index (κ2) is 2.37. The van der Waals surface area contributed by atoms with E-state index in [0.29, 0.717) is 0 Å². The zero-order valence-corrected chi connectivity index (χ0v) is 6.69. The lowest BCUT2D eigenvalue weighted by Gasteiger charge is -2.52. The van der Waals surface area contributed by atoms with Gasteiger partial charge in [-0.05, 0) is 0 Å². The van der Waals surface area contributed by atoms with Crippen LogP contribution in [0.3, 0.4) is 0 Å². The molecule has 1 unspecified atom stereocenters. The Morgan fingerprint density at radius 2 is 2.30 bits per heavy atom. The molecule has 0 aliphatic carbocycles. The van der Waals surface area contributed by atoms with Crippen molar-refractivity contribution in [1.82, 2.24) is 5.32 Å². The van der Waals surface area contributed by atoms with Crippen LogP contribution in [0.4, 0.5) is 0 Å². The van der Waals surface area contributed by atoms with Gasteiger partial charge in [-0.3, -0.25) is 5.32 Å². The number of nitrogens with one attached hydrogen (secondary N) is 1. The zero-order valence-electron chi connectivity index (χ0n) is 5.88. The standard InChI is InChI=1S/C6H12N2OS/c9-8(3-1-4-8)6-7-2-5-10-6/h6-7H,1-5H2. The quantitative estimate of drug-likeness (QED) is 0.443. The van der Waals surface area contributed by atoms with Gasteiger partial charge in [0.25, 0.3) is 0 Å². The lowest BCUT2D eigenvalue weighted by Crippen LogP contribution is -2.61. The molecule has 0 aromatic heterocycles. The molecule has 2 aliphatic rings. The Morgan fingerprint density at radius 3 is 2.70 bits per heavy atom. The van der Waals surface area contributed by atoms with Crippen LogP contribution >= 0.6 is 11.8 Å². The predicted molar refractivity (Wildman–Crippen MR) is 42.2 cm³/mol. The molecule has 58 valence electrons. The summed E-state index contributed by atoms with van der Waals surface area (Å²) in [5.74, 6) is 1.10. The Kier molecular flexibility index (Phi) is 1.64. The van der Waals surface area contributed by atoms with Crippen LogP contribution in [-0.4, -0.2) is 35.5 Å². The van der Waals surface area contributed by atoms with Crippen LogP contribution in [0.25, 0.3) is 0 Å². The summed E-state index contributed by atoms with van der Waals surface area (Å²) in [5.41, 5.74) is 0.161. The van der Waals surface area contributed by atoms with Gasteiger partial charge < -0.3 is 9.85 Å². The topological polar surface area (TPSA) is 35.1 Å². The molecule has 10 heavy (non-hydrogen) atoms. The fourth-order valence-electron chi connectivity index (χ4n) is 1.42. The number of nitrogens with zero attached hydrogens (tertiary/aromatic N) is 1. The molecule has 0 radical (unpaired) electrons. The molecular weight excluding hydrogens is 148 g/mol. The minimum absolute atomic E-state index is 0.0185. The van der Waals surface area contributed by atoms with Crippen LogP contribution in [-0.2, 0) is 0 Å². The monoisotopic (exact) mass is 160 g/mol. The zero-order chi connectivity index (χ0) is 7.03. The summed E-state index contributed by atoms with van der Waals surface area (Å²) in [5, 5.41) is 14.8. The third kappa shape index (κ3) is 0.955. The van der Waals surface area contributed by atoms with E-state index in [1.165, 1.54) is 0 Å². The van der Waals surface area contributed by atoms with Crippen molar-refractivity contribution in [1.29, 1.82) is 0 Å². The molecule has 4 heteroatoms. The molecule has 0 spiro atoms. The average Bonchev–Trinajstić information content (AvgIpc) is 2.33. The van der Waals surface area contributed by atoms with Crippen LogP contribution in [0, 0.1) is 5.21 Å². The normalized spacial score (nSPS) is 37.5. The van der Waals surface area contributed by atoms with Crippen molar-refractivity contribution >= 4 is 11.8 Å². The first-order chi connectivity index (χ1) is 4.81. The molecule has 2 rings (SSSR count). The van der Waals surface area contributed by atoms with Crippen molar-refractivity contribution < 1.29 is 4.65 Å². The number of likely N-dealkylation sites (tertiary alicyclic amines) is 1. The van der Waals surface area contributed by atoms with Crippen LogP contribution in [0.2, 0.25) is 0 Å². The molecule has 0 aromatic rings. The van der Waals surface area contributed by atoms with Crippen LogP contribution in [0.15, 0.2) is 0 Å². The Hall–Kier alpha value is 0.230. The van der Waals surface area contributed by atoms with Gasteiger partial charge in [-0.25, -0.2) is 0 Å². The van der Waals surface area contributed by atoms with E-state index in [2.05, 4.69) is 5.32 Å². The van der Waals surface area contributed by atoms with Gasteiger partial charge in [0.2, 0.25) is 0 Å². The molecule has 2 aliphatic heterocycles. The molecule has 1 N–H and O–H groups in total. The maximum Gasteiger partial charge on any atom is 0.191 e. The lowest BCUT2D eigenvalue weighted by molar-refractivity contribution is -0.930. The van der Waals surface area contributed by atoms with E-state index in [9.17, 15) is 5.21 Å². The summed E-state index contributed by atoms with van der Waals surface area (Å²) in [6.45, 7) is 2.66. The van der Waals surface area contributed by atoms with Crippen molar-refractivity contribution in [3.8, 4) is 0 Å². The fourth-order valence-corrected chi connectivity index (χ4v) is 2.60. The molecule has 0 saturated carbocycles. The SMILES string of the molecule is [O-][N+]1(C2NCCS2)CCC1. The fraction of sp³-hybridized carbons (Fsp3) is 1.00. The highest BCUT2D eigenvalue weighted by Gasteiger charge is 2.37. The molecule has 2 fully saturated rings. The molecule has 0 bridgehead atoms. The summed E-state index contributed by atoms with van der Waals surface area (Å²) >= 11 is 1.77. The summed E-state index contributed by atoms with van der Waals surface area (Å²) in [4.78, 5) is 0. The lowest BCUT2D eigenvalue weighted by atomic mass is 10.2. The van der Waals surface area contributed by atoms with E-state index >= 15 is 0 Å². The molecule has 2 saturated heterocycles. The largest absolute Gasteiger partial charge is 0.631 e. The predicted octanol–water partition coefficient (Wildman–Crippen LogP) is 0.325. The van der Waals surface area contributed by atoms with Gasteiger partial charge in [0.1, 0.15) is 0 Å². The summed E-state index contributed by atoms with van der Waals surface area (Å²) < 4.78 is 0.0185. The van der Waals surface area contributed by atoms with Gasteiger partial charge in [0, 0.05) is 18.7 Å². The first-order valence-electron chi connectivity index (χ1n) is 3.74. The van der Waals surface area contributed by atoms with E-state index < -0.39 is 0 Å². The number of hydroxylamine groups is 3. The Morgan fingerprint density at radius 1 is 1.50 bits per heavy atom. The van der Waals surface area contributed by atoms with Gasteiger partial charge in [0.15, 0.2) is 5.50 Å². The highest BCUT2D eigenvalue weighted by atomic mass is 32.2. The first-order valence-corrected chi connectivity index (χ1v) is 4.79. The number of thioether (sulfide) groups is 1. The van der Waals surface area contributed by atoms with Gasteiger partial charge in [0.05, 0.1) is 13.1 Å². The third-order valence-corrected chi connectivity index (χ3v) is 3.50. The summed E-state index contributed by atoms with van der Waals surface area (Å²) in [7, 11) is 0. The number of quaternary nitrogens is 1. The number of hydrogen-bond donors (Lipinski definition) is 1. The van der Waals surface area contributed by atoms with Crippen LogP contribution in [0.1, 0.15) is 6.42 Å². The second-order valence-electron chi connectivity index (χ2n) is 2.93. The Balaban J connectivity index is 1.96. The Labute approximate surface area is 64.9 Å². The average molecular weight is 160 g/mol. The number of rotatable bonds is 1. The molecule has 2 heterocycles. The van der Waals surface area contributed by atoms with E-state index in [0.717, 1.165) is 31.8 Å². The summed E-state index contributed by atoms with van der Waals surface area (Å²) in [6, 6.07) is 0. The highest BCUT2D eigenvalue weighted by molar-refractivity contribution is 7.99. The molecular formula is C6H12N2OS. The minimum Gasteiger partial charge on any atom is -0.631 e. The van der Waals surface area contributed by atoms with Gasteiger partial charge in [-0.2, -0.15) is 0 Å². The van der Waals surface area contributed by atoms with E-state index in [4.69, 9.17) is 0 Å². The second-order valence-corrected chi connectivity index (χ2v) is 4.12. The van der Waals surface area contributed by atoms with Crippen molar-refractivity contribution in [3.63, 3.8) is 0 Å². The third-order valence-electron chi connectivity index (χ3n) is 2.20. The van der Waals surface area contributed by atoms with Gasteiger partial charge >= 0.3 is 0 Å². The maximum atomic E-state index is 11.6.